The Morgan fingerprint density at radius 2 is 1.76 bits per heavy atom. The number of para-hydroxylation sites is 1. The number of esters is 1. The average Bonchev–Trinajstić information content (AvgIpc) is 2.72. The maximum atomic E-state index is 13.2. The molecule has 8 heteroatoms. The van der Waals surface area contributed by atoms with E-state index in [4.69, 9.17) is 4.74 Å². The van der Waals surface area contributed by atoms with Gasteiger partial charge < -0.3 is 10.1 Å². The number of hydrogen-bond acceptors (Lipinski definition) is 5. The summed E-state index contributed by atoms with van der Waals surface area (Å²) in [7, 11) is -3.64. The van der Waals surface area contributed by atoms with Crippen molar-refractivity contribution < 1.29 is 22.3 Å². The van der Waals surface area contributed by atoms with Gasteiger partial charge in [-0.2, -0.15) is 4.72 Å². The van der Waals surface area contributed by atoms with Gasteiger partial charge in [0.2, 0.25) is 10.0 Å². The van der Waals surface area contributed by atoms with Crippen LogP contribution in [0.2, 0.25) is 0 Å². The highest BCUT2D eigenvalue weighted by Gasteiger charge is 2.29. The van der Waals surface area contributed by atoms with Crippen LogP contribution in [0.25, 0.3) is 0 Å². The molecule has 4 rings (SSSR count). The van der Waals surface area contributed by atoms with Crippen molar-refractivity contribution in [2.75, 3.05) is 5.32 Å². The lowest BCUT2D eigenvalue weighted by Crippen LogP contribution is -2.38. The van der Waals surface area contributed by atoms with Gasteiger partial charge in [0.1, 0.15) is 23.5 Å². The number of benzene rings is 3. The molecule has 0 aromatic heterocycles. The minimum atomic E-state index is -3.64. The van der Waals surface area contributed by atoms with Crippen LogP contribution in [-0.4, -0.2) is 14.4 Å². The van der Waals surface area contributed by atoms with Crippen molar-refractivity contribution in [3.63, 3.8) is 0 Å². The molecule has 0 amide bonds. The number of hydrogen-bond donors (Lipinski definition) is 2. The number of carbonyl (C=O) groups excluding carboxylic acids is 1. The molecule has 0 saturated heterocycles. The first-order valence-electron chi connectivity index (χ1n) is 8.82. The SMILES string of the molecule is O=C(OCc1cccc(F)c1)c1ccc([C@@H]2Nc3ccccc3S(=O)(=O)N2)cc1. The van der Waals surface area contributed by atoms with Crippen LogP contribution < -0.4 is 10.0 Å². The molecule has 0 saturated carbocycles. The van der Waals surface area contributed by atoms with Crippen LogP contribution in [-0.2, 0) is 21.4 Å². The van der Waals surface area contributed by atoms with E-state index in [1.54, 1.807) is 54.6 Å². The summed E-state index contributed by atoms with van der Waals surface area (Å²) < 4.78 is 45.8. The number of fused-ring (bicyclic) bond motifs is 1. The van der Waals surface area contributed by atoms with Crippen LogP contribution in [0, 0.1) is 5.82 Å². The van der Waals surface area contributed by atoms with Crippen LogP contribution in [0.4, 0.5) is 10.1 Å². The molecule has 3 aromatic carbocycles. The minimum absolute atomic E-state index is 0.0426. The Hall–Kier alpha value is -3.23. The molecule has 1 aliphatic heterocycles. The molecular weight excluding hydrogens is 395 g/mol. The van der Waals surface area contributed by atoms with E-state index < -0.39 is 28.0 Å². The summed E-state index contributed by atoms with van der Waals surface area (Å²) in [6.07, 6.45) is -0.660. The van der Waals surface area contributed by atoms with Crippen LogP contribution in [0.1, 0.15) is 27.7 Å². The fourth-order valence-electron chi connectivity index (χ4n) is 3.05. The molecule has 29 heavy (non-hydrogen) atoms. The van der Waals surface area contributed by atoms with E-state index in [-0.39, 0.29) is 11.5 Å². The molecule has 2 N–H and O–H groups in total. The lowest BCUT2D eigenvalue weighted by Gasteiger charge is -2.28. The van der Waals surface area contributed by atoms with Crippen molar-refractivity contribution in [3.05, 3.63) is 95.3 Å². The van der Waals surface area contributed by atoms with Gasteiger partial charge in [-0.25, -0.2) is 17.6 Å². The Morgan fingerprint density at radius 3 is 2.52 bits per heavy atom. The van der Waals surface area contributed by atoms with Crippen LogP contribution in [0.15, 0.2) is 77.7 Å². The standard InChI is InChI=1S/C21H17FN2O4S/c22-17-5-3-4-14(12-17)13-28-21(25)16-10-8-15(9-11-16)20-23-18-6-1-2-7-19(18)29(26,27)24-20/h1-12,20,23-24H,13H2/t20-/m1/s1. The van der Waals surface area contributed by atoms with E-state index in [1.807, 2.05) is 0 Å². The summed E-state index contributed by atoms with van der Waals surface area (Å²) in [6.45, 7) is -0.0426. The summed E-state index contributed by atoms with van der Waals surface area (Å²) >= 11 is 0. The Bertz CT molecular complexity index is 1160. The maximum Gasteiger partial charge on any atom is 0.338 e. The van der Waals surface area contributed by atoms with Crippen molar-refractivity contribution in [2.45, 2.75) is 17.7 Å². The normalized spacial score (nSPS) is 17.1. The smallest absolute Gasteiger partial charge is 0.338 e. The number of nitrogens with one attached hydrogen (secondary N) is 2. The first-order chi connectivity index (χ1) is 13.9. The van der Waals surface area contributed by atoms with Crippen LogP contribution >= 0.6 is 0 Å². The topological polar surface area (TPSA) is 84.5 Å². The molecule has 0 radical (unpaired) electrons. The summed E-state index contributed by atoms with van der Waals surface area (Å²) in [5.41, 5.74) is 2.01. The molecule has 148 valence electrons. The Morgan fingerprint density at radius 1 is 1.00 bits per heavy atom. The van der Waals surface area contributed by atoms with E-state index in [0.717, 1.165) is 0 Å². The van der Waals surface area contributed by atoms with E-state index in [2.05, 4.69) is 10.0 Å². The highest BCUT2D eigenvalue weighted by molar-refractivity contribution is 7.89. The molecule has 0 bridgehead atoms. The van der Waals surface area contributed by atoms with E-state index in [9.17, 15) is 17.6 Å². The monoisotopic (exact) mass is 412 g/mol. The summed E-state index contributed by atoms with van der Waals surface area (Å²) in [6, 6.07) is 18.9. The van der Waals surface area contributed by atoms with E-state index in [1.165, 1.54) is 18.2 Å². The van der Waals surface area contributed by atoms with Gasteiger partial charge in [0.05, 0.1) is 11.3 Å². The number of rotatable bonds is 4. The summed E-state index contributed by atoms with van der Waals surface area (Å²) in [5, 5.41) is 3.13. The number of anilines is 1. The predicted octanol–water partition coefficient (Wildman–Crippen LogP) is 3.59. The molecule has 0 fully saturated rings. The summed E-state index contributed by atoms with van der Waals surface area (Å²) in [5.74, 6) is -0.949. The Labute approximate surface area is 167 Å². The molecule has 1 atom stereocenters. The molecule has 3 aromatic rings. The second kappa shape index (κ2) is 7.65. The minimum Gasteiger partial charge on any atom is -0.457 e. The summed E-state index contributed by atoms with van der Waals surface area (Å²) in [4.78, 5) is 12.4. The lowest BCUT2D eigenvalue weighted by molar-refractivity contribution is 0.0472. The number of halogens is 1. The third-order valence-electron chi connectivity index (χ3n) is 4.49. The second-order valence-electron chi connectivity index (χ2n) is 6.52. The first-order valence-corrected chi connectivity index (χ1v) is 10.3. The highest BCUT2D eigenvalue weighted by Crippen LogP contribution is 2.30. The first kappa shape index (κ1) is 19.1. The zero-order chi connectivity index (χ0) is 20.4. The third kappa shape index (κ3) is 4.13. The third-order valence-corrected chi connectivity index (χ3v) is 5.97. The molecular formula is C21H17FN2O4S. The fourth-order valence-corrected chi connectivity index (χ4v) is 4.35. The van der Waals surface area contributed by atoms with Gasteiger partial charge in [0.25, 0.3) is 0 Å². The molecule has 0 unspecified atom stereocenters. The number of carbonyl (C=O) groups is 1. The van der Waals surface area contributed by atoms with Gasteiger partial charge >= 0.3 is 5.97 Å². The molecule has 6 nitrogen and oxygen atoms in total. The van der Waals surface area contributed by atoms with E-state index >= 15 is 0 Å². The van der Waals surface area contributed by atoms with E-state index in [0.29, 0.717) is 22.4 Å². The zero-order valence-corrected chi connectivity index (χ0v) is 15.9. The van der Waals surface area contributed by atoms with Crippen LogP contribution in [0.5, 0.6) is 0 Å². The Kier molecular flexibility index (Phi) is 5.04. The zero-order valence-electron chi connectivity index (χ0n) is 15.1. The largest absolute Gasteiger partial charge is 0.457 e. The quantitative estimate of drug-likeness (QED) is 0.640. The predicted molar refractivity (Wildman–Crippen MR) is 105 cm³/mol. The van der Waals surface area contributed by atoms with Crippen molar-refractivity contribution in [1.82, 2.24) is 4.72 Å². The van der Waals surface area contributed by atoms with Crippen molar-refractivity contribution in [1.29, 1.82) is 0 Å². The van der Waals surface area contributed by atoms with Gasteiger partial charge in [-0.3, -0.25) is 0 Å². The van der Waals surface area contributed by atoms with Gasteiger partial charge in [-0.15, -0.1) is 0 Å². The van der Waals surface area contributed by atoms with Gasteiger partial charge in [0.15, 0.2) is 0 Å². The van der Waals surface area contributed by atoms with Crippen molar-refractivity contribution in [3.8, 4) is 0 Å². The number of sulfonamides is 1. The highest BCUT2D eigenvalue weighted by atomic mass is 32.2. The van der Waals surface area contributed by atoms with Crippen LogP contribution in [0.3, 0.4) is 0 Å². The fraction of sp³-hybridized carbons (Fsp3) is 0.0952. The Balaban J connectivity index is 1.46. The van der Waals surface area contributed by atoms with Crippen molar-refractivity contribution in [2.24, 2.45) is 0 Å². The number of ether oxygens (including phenoxy) is 1. The molecule has 0 aliphatic carbocycles. The van der Waals surface area contributed by atoms with Gasteiger partial charge in [0, 0.05) is 0 Å². The molecule has 1 heterocycles. The maximum absolute atomic E-state index is 13.2. The van der Waals surface area contributed by atoms with Crippen molar-refractivity contribution >= 4 is 21.7 Å². The van der Waals surface area contributed by atoms with Gasteiger partial charge in [-0.05, 0) is 47.5 Å². The molecule has 1 aliphatic rings. The molecule has 0 spiro atoms. The lowest BCUT2D eigenvalue weighted by atomic mass is 10.1. The second-order valence-corrected chi connectivity index (χ2v) is 8.21. The van der Waals surface area contributed by atoms with Gasteiger partial charge in [-0.1, -0.05) is 36.4 Å². The average molecular weight is 412 g/mol.